The Morgan fingerprint density at radius 1 is 1.13 bits per heavy atom. The van der Waals surface area contributed by atoms with Crippen LogP contribution in [-0.4, -0.2) is 47.1 Å². The molecule has 1 unspecified atom stereocenters. The molecule has 0 aromatic heterocycles. The van der Waals surface area contributed by atoms with Crippen LogP contribution in [0.2, 0.25) is 0 Å². The summed E-state index contributed by atoms with van der Waals surface area (Å²) in [4.78, 5) is 5.44. The summed E-state index contributed by atoms with van der Waals surface area (Å²) in [6.45, 7) is 13.2. The van der Waals surface area contributed by atoms with E-state index in [1.54, 1.807) is 0 Å². The second-order valence-electron chi connectivity index (χ2n) is 5.74. The zero-order valence-electron chi connectivity index (χ0n) is 10.8. The fourth-order valence-corrected chi connectivity index (χ4v) is 3.05. The molecule has 0 aromatic carbocycles. The second kappa shape index (κ2) is 4.06. The summed E-state index contributed by atoms with van der Waals surface area (Å²) in [7, 11) is 0. The molecule has 0 aromatic rings. The zero-order valence-corrected chi connectivity index (χ0v) is 10.8. The molecule has 0 bridgehead atoms. The van der Waals surface area contributed by atoms with Gasteiger partial charge in [0.25, 0.3) is 0 Å². The van der Waals surface area contributed by atoms with E-state index in [1.165, 1.54) is 38.9 Å². The Balaban J connectivity index is 1.99. The van der Waals surface area contributed by atoms with Crippen LogP contribution in [0.5, 0.6) is 0 Å². The topological polar surface area (TPSA) is 6.48 Å². The fraction of sp³-hybridized carbons (Fsp3) is 1.00. The van der Waals surface area contributed by atoms with Gasteiger partial charge in [-0.25, -0.2) is 0 Å². The van der Waals surface area contributed by atoms with Crippen molar-refractivity contribution in [3.05, 3.63) is 0 Å². The molecule has 1 spiro atoms. The third-order valence-corrected chi connectivity index (χ3v) is 4.40. The molecule has 88 valence electrons. The summed E-state index contributed by atoms with van der Waals surface area (Å²) < 4.78 is 0. The van der Waals surface area contributed by atoms with E-state index in [1.807, 2.05) is 0 Å². The van der Waals surface area contributed by atoms with Crippen LogP contribution in [0, 0.1) is 0 Å². The third-order valence-electron chi connectivity index (χ3n) is 4.40. The molecule has 1 aliphatic heterocycles. The van der Waals surface area contributed by atoms with Crippen LogP contribution >= 0.6 is 0 Å². The molecular weight excluding hydrogens is 184 g/mol. The first-order valence-corrected chi connectivity index (χ1v) is 6.60. The maximum Gasteiger partial charge on any atom is 0.0341 e. The molecule has 15 heavy (non-hydrogen) atoms. The lowest BCUT2D eigenvalue weighted by molar-refractivity contribution is 0.0182. The van der Waals surface area contributed by atoms with Crippen LogP contribution in [0.15, 0.2) is 0 Å². The monoisotopic (exact) mass is 210 g/mol. The van der Waals surface area contributed by atoms with Crippen molar-refractivity contribution >= 4 is 0 Å². The van der Waals surface area contributed by atoms with Gasteiger partial charge in [-0.05, 0) is 40.0 Å². The van der Waals surface area contributed by atoms with Gasteiger partial charge in [0.15, 0.2) is 0 Å². The van der Waals surface area contributed by atoms with Crippen molar-refractivity contribution in [2.75, 3.05) is 19.6 Å². The molecular formula is C13H26N2. The molecule has 2 rings (SSSR count). The standard InChI is InChI=1S/C13H26N2/c1-5-12(4)14-8-9-15(11(2)3)13(10-14)6-7-13/h11-12H,5-10H2,1-4H3. The normalized spacial score (nSPS) is 28.6. The average molecular weight is 210 g/mol. The Morgan fingerprint density at radius 3 is 2.27 bits per heavy atom. The Morgan fingerprint density at radius 2 is 1.80 bits per heavy atom. The van der Waals surface area contributed by atoms with Crippen molar-refractivity contribution in [2.24, 2.45) is 0 Å². The fourth-order valence-electron chi connectivity index (χ4n) is 3.05. The van der Waals surface area contributed by atoms with Gasteiger partial charge in [0.05, 0.1) is 0 Å². The number of hydrogen-bond acceptors (Lipinski definition) is 2. The van der Waals surface area contributed by atoms with Gasteiger partial charge in [-0.2, -0.15) is 0 Å². The lowest BCUT2D eigenvalue weighted by Gasteiger charge is -2.46. The lowest BCUT2D eigenvalue weighted by Crippen LogP contribution is -2.58. The Bertz CT molecular complexity index is 221. The quantitative estimate of drug-likeness (QED) is 0.705. The minimum absolute atomic E-state index is 0.579. The van der Waals surface area contributed by atoms with Crippen LogP contribution in [-0.2, 0) is 0 Å². The molecule has 2 nitrogen and oxygen atoms in total. The van der Waals surface area contributed by atoms with Crippen LogP contribution in [0.3, 0.4) is 0 Å². The van der Waals surface area contributed by atoms with Crippen molar-refractivity contribution in [3.63, 3.8) is 0 Å². The highest BCUT2D eigenvalue weighted by atomic mass is 15.4. The lowest BCUT2D eigenvalue weighted by atomic mass is 10.1. The Kier molecular flexibility index (Phi) is 3.09. The first-order valence-electron chi connectivity index (χ1n) is 6.60. The molecule has 1 saturated heterocycles. The van der Waals surface area contributed by atoms with Crippen LogP contribution in [0.25, 0.3) is 0 Å². The molecule has 2 heteroatoms. The summed E-state index contributed by atoms with van der Waals surface area (Å²) in [5.74, 6) is 0. The Labute approximate surface area is 94.6 Å². The van der Waals surface area contributed by atoms with E-state index in [4.69, 9.17) is 0 Å². The van der Waals surface area contributed by atoms with Crippen molar-refractivity contribution in [3.8, 4) is 0 Å². The summed E-state index contributed by atoms with van der Waals surface area (Å²) in [6.07, 6.45) is 4.15. The SMILES string of the molecule is CCC(C)N1CCN(C(C)C)C2(CC2)C1. The summed E-state index contributed by atoms with van der Waals surface area (Å²) in [6, 6.07) is 1.50. The maximum absolute atomic E-state index is 2.74. The minimum atomic E-state index is 0.579. The van der Waals surface area contributed by atoms with E-state index in [9.17, 15) is 0 Å². The molecule has 0 amide bonds. The van der Waals surface area contributed by atoms with Gasteiger partial charge in [-0.3, -0.25) is 9.80 Å². The highest BCUT2D eigenvalue weighted by Gasteiger charge is 2.52. The smallest absolute Gasteiger partial charge is 0.0341 e. The van der Waals surface area contributed by atoms with Crippen molar-refractivity contribution in [1.82, 2.24) is 9.80 Å². The number of hydrogen-bond donors (Lipinski definition) is 0. The largest absolute Gasteiger partial charge is 0.298 e. The number of nitrogens with zero attached hydrogens (tertiary/aromatic N) is 2. The predicted molar refractivity (Wildman–Crippen MR) is 65.1 cm³/mol. The molecule has 1 saturated carbocycles. The van der Waals surface area contributed by atoms with Gasteiger partial charge >= 0.3 is 0 Å². The first kappa shape index (κ1) is 11.4. The van der Waals surface area contributed by atoms with Gasteiger partial charge in [-0.15, -0.1) is 0 Å². The Hall–Kier alpha value is -0.0800. The van der Waals surface area contributed by atoms with E-state index in [0.29, 0.717) is 5.54 Å². The van der Waals surface area contributed by atoms with Crippen molar-refractivity contribution in [2.45, 2.75) is 64.6 Å². The van der Waals surface area contributed by atoms with Crippen LogP contribution in [0.1, 0.15) is 47.0 Å². The van der Waals surface area contributed by atoms with Gasteiger partial charge in [0.1, 0.15) is 0 Å². The minimum Gasteiger partial charge on any atom is -0.298 e. The maximum atomic E-state index is 2.74. The molecule has 0 radical (unpaired) electrons. The van der Waals surface area contributed by atoms with Gasteiger partial charge < -0.3 is 0 Å². The van der Waals surface area contributed by atoms with E-state index >= 15 is 0 Å². The molecule has 0 N–H and O–H groups in total. The average Bonchev–Trinajstić information content (AvgIpc) is 2.96. The molecule has 1 heterocycles. The molecule has 2 fully saturated rings. The molecule has 1 atom stereocenters. The zero-order chi connectivity index (χ0) is 11.1. The van der Waals surface area contributed by atoms with Crippen LogP contribution < -0.4 is 0 Å². The summed E-state index contributed by atoms with van der Waals surface area (Å²) in [5, 5.41) is 0. The van der Waals surface area contributed by atoms with E-state index in [2.05, 4.69) is 37.5 Å². The highest BCUT2D eigenvalue weighted by Crippen LogP contribution is 2.45. The van der Waals surface area contributed by atoms with Gasteiger partial charge in [0.2, 0.25) is 0 Å². The third kappa shape index (κ3) is 2.07. The van der Waals surface area contributed by atoms with Crippen LogP contribution in [0.4, 0.5) is 0 Å². The molecule has 2 aliphatic rings. The summed E-state index contributed by atoms with van der Waals surface area (Å²) >= 11 is 0. The summed E-state index contributed by atoms with van der Waals surface area (Å²) in [5.41, 5.74) is 0.579. The molecule has 1 aliphatic carbocycles. The van der Waals surface area contributed by atoms with Gasteiger partial charge in [0, 0.05) is 37.3 Å². The number of piperazine rings is 1. The van der Waals surface area contributed by atoms with Gasteiger partial charge in [-0.1, -0.05) is 6.92 Å². The first-order chi connectivity index (χ1) is 7.09. The second-order valence-corrected chi connectivity index (χ2v) is 5.74. The van der Waals surface area contributed by atoms with E-state index < -0.39 is 0 Å². The van der Waals surface area contributed by atoms with E-state index in [0.717, 1.165) is 12.1 Å². The number of rotatable bonds is 3. The van der Waals surface area contributed by atoms with Crippen molar-refractivity contribution in [1.29, 1.82) is 0 Å². The van der Waals surface area contributed by atoms with Crippen molar-refractivity contribution < 1.29 is 0 Å². The van der Waals surface area contributed by atoms with E-state index in [-0.39, 0.29) is 0 Å². The predicted octanol–water partition coefficient (Wildman–Crippen LogP) is 2.34. The highest BCUT2D eigenvalue weighted by molar-refractivity contribution is 5.09.